The van der Waals surface area contributed by atoms with Crippen LogP contribution in [0.2, 0.25) is 5.02 Å². The van der Waals surface area contributed by atoms with Gasteiger partial charge in [0, 0.05) is 22.7 Å². The van der Waals surface area contributed by atoms with E-state index < -0.39 is 0 Å². The SMILES string of the molecule is COc1ccccc1CNC(=O)c1ccc(C)c(Cl)c1. The third kappa shape index (κ3) is 3.31. The van der Waals surface area contributed by atoms with Gasteiger partial charge in [-0.15, -0.1) is 0 Å². The first kappa shape index (κ1) is 14.4. The van der Waals surface area contributed by atoms with Crippen LogP contribution in [0.3, 0.4) is 0 Å². The number of benzene rings is 2. The van der Waals surface area contributed by atoms with Crippen LogP contribution in [-0.4, -0.2) is 13.0 Å². The van der Waals surface area contributed by atoms with E-state index >= 15 is 0 Å². The molecule has 0 aliphatic heterocycles. The van der Waals surface area contributed by atoms with Gasteiger partial charge in [-0.2, -0.15) is 0 Å². The highest BCUT2D eigenvalue weighted by atomic mass is 35.5. The summed E-state index contributed by atoms with van der Waals surface area (Å²) in [6, 6.07) is 12.9. The molecule has 20 heavy (non-hydrogen) atoms. The largest absolute Gasteiger partial charge is 0.496 e. The van der Waals surface area contributed by atoms with E-state index in [1.807, 2.05) is 37.3 Å². The van der Waals surface area contributed by atoms with Gasteiger partial charge in [0.1, 0.15) is 5.75 Å². The number of amides is 1. The Labute approximate surface area is 123 Å². The molecule has 3 nitrogen and oxygen atoms in total. The molecular weight excluding hydrogens is 274 g/mol. The Morgan fingerprint density at radius 3 is 2.70 bits per heavy atom. The molecule has 2 aromatic rings. The molecule has 0 bridgehead atoms. The van der Waals surface area contributed by atoms with Crippen molar-refractivity contribution in [2.45, 2.75) is 13.5 Å². The van der Waals surface area contributed by atoms with Gasteiger partial charge >= 0.3 is 0 Å². The second kappa shape index (κ2) is 6.44. The number of ether oxygens (including phenoxy) is 1. The quantitative estimate of drug-likeness (QED) is 0.934. The van der Waals surface area contributed by atoms with Crippen molar-refractivity contribution in [3.63, 3.8) is 0 Å². The first-order valence-electron chi connectivity index (χ1n) is 6.28. The maximum absolute atomic E-state index is 12.1. The van der Waals surface area contributed by atoms with Gasteiger partial charge in [0.15, 0.2) is 0 Å². The predicted molar refractivity (Wildman–Crippen MR) is 80.4 cm³/mol. The molecule has 2 rings (SSSR count). The van der Waals surface area contributed by atoms with Crippen molar-refractivity contribution in [1.82, 2.24) is 5.32 Å². The fourth-order valence-electron chi connectivity index (χ4n) is 1.86. The number of rotatable bonds is 4. The molecule has 104 valence electrons. The Balaban J connectivity index is 2.06. The van der Waals surface area contributed by atoms with Crippen molar-refractivity contribution in [1.29, 1.82) is 0 Å². The molecule has 0 saturated heterocycles. The van der Waals surface area contributed by atoms with E-state index in [9.17, 15) is 4.79 Å². The molecule has 1 amide bonds. The maximum Gasteiger partial charge on any atom is 0.251 e. The molecule has 0 aliphatic carbocycles. The molecule has 1 N–H and O–H groups in total. The molecule has 4 heteroatoms. The van der Waals surface area contributed by atoms with Crippen molar-refractivity contribution in [3.8, 4) is 5.75 Å². The molecule has 0 aliphatic rings. The third-order valence-corrected chi connectivity index (χ3v) is 3.47. The predicted octanol–water partition coefficient (Wildman–Crippen LogP) is 3.59. The van der Waals surface area contributed by atoms with Gasteiger partial charge < -0.3 is 10.1 Å². The summed E-state index contributed by atoms with van der Waals surface area (Å²) in [5.74, 6) is 0.604. The Hall–Kier alpha value is -2.00. The fraction of sp³-hybridized carbons (Fsp3) is 0.188. The molecule has 0 aromatic heterocycles. The van der Waals surface area contributed by atoms with E-state index in [0.29, 0.717) is 17.1 Å². The monoisotopic (exact) mass is 289 g/mol. The van der Waals surface area contributed by atoms with Crippen LogP contribution in [0.15, 0.2) is 42.5 Å². The molecule has 0 fully saturated rings. The number of aryl methyl sites for hydroxylation is 1. The summed E-state index contributed by atoms with van der Waals surface area (Å²) in [6.07, 6.45) is 0. The van der Waals surface area contributed by atoms with E-state index in [4.69, 9.17) is 16.3 Å². The standard InChI is InChI=1S/C16H16ClNO2/c1-11-7-8-12(9-14(11)17)16(19)18-10-13-5-3-4-6-15(13)20-2/h3-9H,10H2,1-2H3,(H,18,19). The number of hydrogen-bond acceptors (Lipinski definition) is 2. The van der Waals surface area contributed by atoms with Crippen molar-refractivity contribution in [2.75, 3.05) is 7.11 Å². The zero-order valence-electron chi connectivity index (χ0n) is 11.4. The number of carbonyl (C=O) groups excluding carboxylic acids is 1. The first-order chi connectivity index (χ1) is 9.61. The average molecular weight is 290 g/mol. The van der Waals surface area contributed by atoms with Crippen molar-refractivity contribution in [3.05, 3.63) is 64.2 Å². The zero-order chi connectivity index (χ0) is 14.5. The summed E-state index contributed by atoms with van der Waals surface area (Å²) in [5, 5.41) is 3.45. The van der Waals surface area contributed by atoms with Gasteiger partial charge in [-0.05, 0) is 30.7 Å². The van der Waals surface area contributed by atoms with Gasteiger partial charge in [-0.1, -0.05) is 35.9 Å². The van der Waals surface area contributed by atoms with Crippen LogP contribution >= 0.6 is 11.6 Å². The number of nitrogens with one attached hydrogen (secondary N) is 1. The van der Waals surface area contributed by atoms with Gasteiger partial charge in [0.25, 0.3) is 5.91 Å². The minimum absolute atomic E-state index is 0.155. The Kier molecular flexibility index (Phi) is 4.64. The first-order valence-corrected chi connectivity index (χ1v) is 6.66. The van der Waals surface area contributed by atoms with Crippen LogP contribution in [0.4, 0.5) is 0 Å². The zero-order valence-corrected chi connectivity index (χ0v) is 12.2. The van der Waals surface area contributed by atoms with Crippen LogP contribution in [0.5, 0.6) is 5.75 Å². The lowest BCUT2D eigenvalue weighted by Crippen LogP contribution is -2.23. The van der Waals surface area contributed by atoms with Gasteiger partial charge in [0.2, 0.25) is 0 Å². The lowest BCUT2D eigenvalue weighted by atomic mass is 10.1. The molecule has 0 saturated carbocycles. The molecule has 0 atom stereocenters. The summed E-state index contributed by atoms with van der Waals surface area (Å²) in [4.78, 5) is 12.1. The number of methoxy groups -OCH3 is 1. The van der Waals surface area contributed by atoms with E-state index in [0.717, 1.165) is 16.9 Å². The minimum atomic E-state index is -0.155. The van der Waals surface area contributed by atoms with Crippen molar-refractivity contribution in [2.24, 2.45) is 0 Å². The molecule has 0 heterocycles. The molecule has 0 radical (unpaired) electrons. The Morgan fingerprint density at radius 1 is 1.25 bits per heavy atom. The summed E-state index contributed by atoms with van der Waals surface area (Å²) in [5.41, 5.74) is 2.44. The van der Waals surface area contributed by atoms with E-state index in [1.54, 1.807) is 19.2 Å². The number of hydrogen-bond donors (Lipinski definition) is 1. The van der Waals surface area contributed by atoms with Gasteiger partial charge in [0.05, 0.1) is 7.11 Å². The van der Waals surface area contributed by atoms with Crippen LogP contribution in [0.1, 0.15) is 21.5 Å². The highest BCUT2D eigenvalue weighted by Crippen LogP contribution is 2.18. The number of para-hydroxylation sites is 1. The van der Waals surface area contributed by atoms with Crippen LogP contribution in [0, 0.1) is 6.92 Å². The summed E-state index contributed by atoms with van der Waals surface area (Å²) >= 11 is 6.02. The molecule has 0 spiro atoms. The second-order valence-electron chi connectivity index (χ2n) is 4.46. The lowest BCUT2D eigenvalue weighted by Gasteiger charge is -2.10. The van der Waals surface area contributed by atoms with Crippen molar-refractivity contribution < 1.29 is 9.53 Å². The van der Waals surface area contributed by atoms with Gasteiger partial charge in [-0.25, -0.2) is 0 Å². The number of halogens is 1. The summed E-state index contributed by atoms with van der Waals surface area (Å²) in [6.45, 7) is 2.31. The van der Waals surface area contributed by atoms with E-state index in [-0.39, 0.29) is 5.91 Å². The third-order valence-electron chi connectivity index (χ3n) is 3.07. The normalized spacial score (nSPS) is 10.2. The topological polar surface area (TPSA) is 38.3 Å². The lowest BCUT2D eigenvalue weighted by molar-refractivity contribution is 0.0950. The van der Waals surface area contributed by atoms with Gasteiger partial charge in [-0.3, -0.25) is 4.79 Å². The second-order valence-corrected chi connectivity index (χ2v) is 4.87. The highest BCUT2D eigenvalue weighted by Gasteiger charge is 2.08. The van der Waals surface area contributed by atoms with E-state index in [1.165, 1.54) is 0 Å². The molecular formula is C16H16ClNO2. The molecule has 2 aromatic carbocycles. The van der Waals surface area contributed by atoms with Crippen molar-refractivity contribution >= 4 is 17.5 Å². The Morgan fingerprint density at radius 2 is 2.00 bits per heavy atom. The minimum Gasteiger partial charge on any atom is -0.496 e. The maximum atomic E-state index is 12.1. The highest BCUT2D eigenvalue weighted by molar-refractivity contribution is 6.31. The Bertz CT molecular complexity index is 626. The summed E-state index contributed by atoms with van der Waals surface area (Å²) < 4.78 is 5.25. The summed E-state index contributed by atoms with van der Waals surface area (Å²) in [7, 11) is 1.61. The smallest absolute Gasteiger partial charge is 0.251 e. The van der Waals surface area contributed by atoms with Crippen LogP contribution < -0.4 is 10.1 Å². The average Bonchev–Trinajstić information content (AvgIpc) is 2.47. The van der Waals surface area contributed by atoms with E-state index in [2.05, 4.69) is 5.32 Å². The van der Waals surface area contributed by atoms with Crippen LogP contribution in [-0.2, 0) is 6.54 Å². The number of carbonyl (C=O) groups is 1. The fourth-order valence-corrected chi connectivity index (χ4v) is 2.04. The van der Waals surface area contributed by atoms with Crippen LogP contribution in [0.25, 0.3) is 0 Å². The molecule has 0 unspecified atom stereocenters.